The molecule has 0 saturated heterocycles. The Bertz CT molecular complexity index is 539. The van der Waals surface area contributed by atoms with Crippen LogP contribution in [0.15, 0.2) is 0 Å². The molecule has 0 heterocycles. The highest BCUT2D eigenvalue weighted by atomic mass is 32.2. The summed E-state index contributed by atoms with van der Waals surface area (Å²) in [4.78, 5) is 0. The van der Waals surface area contributed by atoms with E-state index in [1.807, 2.05) is 6.92 Å². The van der Waals surface area contributed by atoms with E-state index in [4.69, 9.17) is 14.0 Å². The van der Waals surface area contributed by atoms with Crippen molar-refractivity contribution < 1.29 is 36.3 Å². The van der Waals surface area contributed by atoms with Gasteiger partial charge >= 0.3 is 15.4 Å². The minimum atomic E-state index is -5.49. The van der Waals surface area contributed by atoms with Gasteiger partial charge in [0.15, 0.2) is 0 Å². The van der Waals surface area contributed by atoms with E-state index in [2.05, 4.69) is 0 Å². The lowest BCUT2D eigenvalue weighted by atomic mass is 9.60. The van der Waals surface area contributed by atoms with Crippen LogP contribution in [0.4, 0.5) is 8.78 Å². The van der Waals surface area contributed by atoms with Crippen LogP contribution in [0.1, 0.15) is 39.0 Å². The summed E-state index contributed by atoms with van der Waals surface area (Å²) in [5, 5.41) is 6.38. The van der Waals surface area contributed by atoms with Crippen LogP contribution in [-0.4, -0.2) is 54.9 Å². The normalized spacial score (nSPS) is 38.5. The molecule has 4 unspecified atom stereocenters. The lowest BCUT2D eigenvalue weighted by Gasteiger charge is -2.53. The molecule has 0 spiro atoms. The largest absolute Gasteiger partial charge is 0.392 e. The first-order chi connectivity index (χ1) is 10.4. The van der Waals surface area contributed by atoms with Crippen LogP contribution in [0, 0.1) is 11.8 Å². The van der Waals surface area contributed by atoms with E-state index in [-0.39, 0.29) is 12.5 Å². The molecule has 4 atom stereocenters. The Morgan fingerprint density at radius 1 is 1.26 bits per heavy atom. The third-order valence-corrected chi connectivity index (χ3v) is 5.74. The Balaban J connectivity index is 1.97. The molecule has 0 amide bonds. The highest BCUT2D eigenvalue weighted by Crippen LogP contribution is 2.51. The maximum atomic E-state index is 13.1. The van der Waals surface area contributed by atoms with Gasteiger partial charge in [0.05, 0.1) is 11.2 Å². The fraction of sp³-hybridized carbons (Fsp3) is 1.00. The summed E-state index contributed by atoms with van der Waals surface area (Å²) in [5.74, 6) is 0.0952. The molecule has 9 heteroatoms. The number of ether oxygens (including phenoxy) is 2. The van der Waals surface area contributed by atoms with Gasteiger partial charge in [-0.25, -0.2) is 0 Å². The lowest BCUT2D eigenvalue weighted by molar-refractivity contribution is -0.185. The monoisotopic (exact) mass is 358 g/mol. The molecule has 136 valence electrons. The van der Waals surface area contributed by atoms with Crippen LogP contribution in [0.2, 0.25) is 0 Å². The second kappa shape index (κ2) is 6.18. The summed E-state index contributed by atoms with van der Waals surface area (Å²) in [6, 6.07) is 0. The Hall–Kier alpha value is -0.350. The molecular weight excluding hydrogens is 334 g/mol. The first kappa shape index (κ1) is 19.0. The van der Waals surface area contributed by atoms with Crippen LogP contribution in [-0.2, 0) is 19.6 Å². The predicted molar refractivity (Wildman–Crippen MR) is 77.7 cm³/mol. The number of aliphatic hydroxyl groups is 1. The van der Waals surface area contributed by atoms with Gasteiger partial charge in [-0.2, -0.15) is 17.2 Å². The predicted octanol–water partition coefficient (Wildman–Crippen LogP) is 1.83. The van der Waals surface area contributed by atoms with Crippen molar-refractivity contribution in [1.82, 2.24) is 0 Å². The van der Waals surface area contributed by atoms with Gasteiger partial charge in [-0.3, -0.25) is 4.55 Å². The van der Waals surface area contributed by atoms with Gasteiger partial charge in [0, 0.05) is 20.1 Å². The van der Waals surface area contributed by atoms with Crippen molar-refractivity contribution in [2.24, 2.45) is 11.8 Å². The molecule has 23 heavy (non-hydrogen) atoms. The van der Waals surface area contributed by atoms with E-state index in [0.29, 0.717) is 31.6 Å². The first-order valence-corrected chi connectivity index (χ1v) is 9.04. The van der Waals surface area contributed by atoms with Crippen molar-refractivity contribution >= 4 is 10.1 Å². The van der Waals surface area contributed by atoms with Crippen LogP contribution < -0.4 is 0 Å². The van der Waals surface area contributed by atoms with Gasteiger partial charge in [0.25, 0.3) is 0 Å². The summed E-state index contributed by atoms with van der Waals surface area (Å²) in [6.07, 6.45) is 2.88. The number of halogens is 2. The minimum absolute atomic E-state index is 0.118. The van der Waals surface area contributed by atoms with E-state index in [1.54, 1.807) is 7.11 Å². The molecule has 2 aliphatic carbocycles. The molecule has 2 saturated carbocycles. The van der Waals surface area contributed by atoms with E-state index in [1.165, 1.54) is 0 Å². The number of methoxy groups -OCH3 is 1. The third kappa shape index (κ3) is 4.19. The van der Waals surface area contributed by atoms with E-state index in [9.17, 15) is 22.3 Å². The van der Waals surface area contributed by atoms with Crippen LogP contribution in [0.3, 0.4) is 0 Å². The zero-order chi connectivity index (χ0) is 17.5. The van der Waals surface area contributed by atoms with Gasteiger partial charge in [0.2, 0.25) is 0 Å². The first-order valence-electron chi connectivity index (χ1n) is 7.60. The lowest BCUT2D eigenvalue weighted by Crippen LogP contribution is -2.56. The average Bonchev–Trinajstić information content (AvgIpc) is 2.34. The number of fused-ring (bicyclic) bond motifs is 2. The van der Waals surface area contributed by atoms with Crippen LogP contribution >= 0.6 is 0 Å². The highest BCUT2D eigenvalue weighted by Gasteiger charge is 2.53. The van der Waals surface area contributed by atoms with Crippen molar-refractivity contribution in [2.75, 3.05) is 20.3 Å². The number of alkyl halides is 2. The number of rotatable bonds is 6. The van der Waals surface area contributed by atoms with Gasteiger partial charge < -0.3 is 14.6 Å². The van der Waals surface area contributed by atoms with Crippen LogP contribution in [0.5, 0.6) is 0 Å². The van der Waals surface area contributed by atoms with Crippen molar-refractivity contribution in [3.63, 3.8) is 0 Å². The Kier molecular flexibility index (Phi) is 5.10. The molecule has 2 rings (SSSR count). The molecule has 2 aliphatic rings. The summed E-state index contributed by atoms with van der Waals surface area (Å²) >= 11 is 0. The molecule has 6 nitrogen and oxygen atoms in total. The van der Waals surface area contributed by atoms with Gasteiger partial charge in [-0.05, 0) is 37.5 Å². The second-order valence-corrected chi connectivity index (χ2v) is 8.75. The van der Waals surface area contributed by atoms with Crippen molar-refractivity contribution in [3.05, 3.63) is 0 Å². The SMILES string of the molecule is COC12CC(C)CC(O)(CC(COCC(F)(F)S(=O)(=O)O)C1)C2. The molecule has 0 aromatic rings. The van der Waals surface area contributed by atoms with Crippen LogP contribution in [0.25, 0.3) is 0 Å². The molecule has 0 aromatic heterocycles. The van der Waals surface area contributed by atoms with E-state index < -0.39 is 33.2 Å². The summed E-state index contributed by atoms with van der Waals surface area (Å²) in [7, 11) is -3.91. The standard InChI is InChI=1S/C14H24F2O6S/c1-10-3-12(17)5-11(6-13(4-10,8-12)21-2)7-22-9-14(15,16)23(18,19)20/h10-11,17H,3-9H2,1-2H3,(H,18,19,20). The molecule has 2 N–H and O–H groups in total. The van der Waals surface area contributed by atoms with E-state index >= 15 is 0 Å². The quantitative estimate of drug-likeness (QED) is 0.704. The van der Waals surface area contributed by atoms with Crippen molar-refractivity contribution in [1.29, 1.82) is 0 Å². The molecular formula is C14H24F2O6S. The highest BCUT2D eigenvalue weighted by molar-refractivity contribution is 7.86. The Morgan fingerprint density at radius 3 is 2.48 bits per heavy atom. The van der Waals surface area contributed by atoms with E-state index in [0.717, 1.165) is 6.42 Å². The Morgan fingerprint density at radius 2 is 1.91 bits per heavy atom. The molecule has 2 fully saturated rings. The zero-order valence-corrected chi connectivity index (χ0v) is 14.1. The topological polar surface area (TPSA) is 93.1 Å². The second-order valence-electron chi connectivity index (χ2n) is 7.20. The maximum Gasteiger partial charge on any atom is 0.392 e. The maximum absolute atomic E-state index is 13.1. The summed E-state index contributed by atoms with van der Waals surface area (Å²) < 4.78 is 66.3. The number of hydrogen-bond acceptors (Lipinski definition) is 5. The molecule has 2 bridgehead atoms. The third-order valence-electron chi connectivity index (χ3n) is 4.86. The molecule has 0 radical (unpaired) electrons. The van der Waals surface area contributed by atoms with Gasteiger partial charge in [-0.1, -0.05) is 6.92 Å². The van der Waals surface area contributed by atoms with Gasteiger partial charge in [0.1, 0.15) is 6.61 Å². The molecule has 0 aliphatic heterocycles. The summed E-state index contributed by atoms with van der Waals surface area (Å²) in [5.41, 5.74) is -1.41. The molecule has 0 aromatic carbocycles. The summed E-state index contributed by atoms with van der Waals surface area (Å²) in [6.45, 7) is 0.519. The van der Waals surface area contributed by atoms with Crippen molar-refractivity contribution in [2.45, 2.75) is 55.5 Å². The smallest absolute Gasteiger partial charge is 0.390 e. The fourth-order valence-corrected chi connectivity index (χ4v) is 4.55. The van der Waals surface area contributed by atoms with Crippen molar-refractivity contribution in [3.8, 4) is 0 Å². The Labute approximate surface area is 134 Å². The van der Waals surface area contributed by atoms with Gasteiger partial charge in [-0.15, -0.1) is 0 Å². The number of hydrogen-bond donors (Lipinski definition) is 2. The minimum Gasteiger partial charge on any atom is -0.390 e. The fourth-order valence-electron chi connectivity index (χ4n) is 4.32. The average molecular weight is 358 g/mol. The zero-order valence-electron chi connectivity index (χ0n) is 13.3.